The van der Waals surface area contributed by atoms with Gasteiger partial charge in [-0.05, 0) is 31.0 Å². The lowest BCUT2D eigenvalue weighted by Gasteiger charge is -2.18. The third kappa shape index (κ3) is 4.30. The van der Waals surface area contributed by atoms with Crippen molar-refractivity contribution in [3.63, 3.8) is 0 Å². The van der Waals surface area contributed by atoms with Gasteiger partial charge in [0, 0.05) is 18.3 Å². The molecular formula is C23H27N3O4. The highest BCUT2D eigenvalue weighted by Crippen LogP contribution is 2.29. The number of esters is 1. The quantitative estimate of drug-likeness (QED) is 0.373. The Hall–Kier alpha value is -3.35. The molecule has 2 heterocycles. The van der Waals surface area contributed by atoms with E-state index in [0.29, 0.717) is 29.9 Å². The summed E-state index contributed by atoms with van der Waals surface area (Å²) < 4.78 is 12.8. The molecule has 30 heavy (non-hydrogen) atoms. The van der Waals surface area contributed by atoms with Crippen LogP contribution < -0.4 is 9.64 Å². The zero-order chi connectivity index (χ0) is 21.5. The number of ether oxygens (including phenoxy) is 2. The smallest absolute Gasteiger partial charge is 0.338 e. The van der Waals surface area contributed by atoms with Crippen LogP contribution in [0.1, 0.15) is 48.3 Å². The van der Waals surface area contributed by atoms with Crippen LogP contribution in [-0.4, -0.2) is 35.4 Å². The molecule has 0 spiro atoms. The molecule has 0 fully saturated rings. The molecule has 0 N–H and O–H groups in total. The fourth-order valence-corrected chi connectivity index (χ4v) is 3.38. The van der Waals surface area contributed by atoms with E-state index in [4.69, 9.17) is 14.5 Å². The zero-order valence-electron chi connectivity index (χ0n) is 17.6. The normalized spacial score (nSPS) is 10.8. The van der Waals surface area contributed by atoms with Gasteiger partial charge in [-0.2, -0.15) is 0 Å². The minimum absolute atomic E-state index is 0.196. The molecule has 2 aromatic heterocycles. The van der Waals surface area contributed by atoms with E-state index in [9.17, 15) is 9.59 Å². The zero-order valence-corrected chi connectivity index (χ0v) is 17.6. The molecule has 0 bridgehead atoms. The first-order chi connectivity index (χ1) is 14.6. The molecule has 0 radical (unpaired) electrons. The predicted octanol–water partition coefficient (Wildman–Crippen LogP) is 4.03. The number of benzene rings is 1. The molecule has 0 aliphatic rings. The van der Waals surface area contributed by atoms with Gasteiger partial charge in [0.2, 0.25) is 6.41 Å². The molecule has 0 aliphatic heterocycles. The highest BCUT2D eigenvalue weighted by atomic mass is 16.5. The average molecular weight is 409 g/mol. The topological polar surface area (TPSA) is 73.1 Å². The number of imidazole rings is 1. The predicted molar refractivity (Wildman–Crippen MR) is 115 cm³/mol. The SMILES string of the molecule is CCCCN(C=O)c1c(CC)nc2c(OCc3ccccc3C(=O)OC)cccn12. The Morgan fingerprint density at radius 2 is 2.00 bits per heavy atom. The highest BCUT2D eigenvalue weighted by molar-refractivity contribution is 5.90. The number of aromatic nitrogens is 2. The van der Waals surface area contributed by atoms with Gasteiger partial charge in [-0.3, -0.25) is 14.1 Å². The largest absolute Gasteiger partial charge is 0.485 e. The van der Waals surface area contributed by atoms with Crippen LogP contribution in [-0.2, 0) is 22.6 Å². The number of amides is 1. The van der Waals surface area contributed by atoms with Crippen LogP contribution in [0.5, 0.6) is 5.75 Å². The summed E-state index contributed by atoms with van der Waals surface area (Å²) in [5, 5.41) is 0. The molecule has 7 heteroatoms. The van der Waals surface area contributed by atoms with Crippen LogP contribution >= 0.6 is 0 Å². The van der Waals surface area contributed by atoms with Gasteiger partial charge in [0.25, 0.3) is 0 Å². The molecule has 7 nitrogen and oxygen atoms in total. The number of hydrogen-bond donors (Lipinski definition) is 0. The van der Waals surface area contributed by atoms with Gasteiger partial charge in [-0.1, -0.05) is 38.5 Å². The number of anilines is 1. The number of rotatable bonds is 10. The Bertz CT molecular complexity index is 1030. The lowest BCUT2D eigenvalue weighted by atomic mass is 10.1. The summed E-state index contributed by atoms with van der Waals surface area (Å²) in [6.07, 6.45) is 5.34. The number of carbonyl (C=O) groups excluding carboxylic acids is 2. The molecule has 3 rings (SSSR count). The molecule has 1 amide bonds. The van der Waals surface area contributed by atoms with Gasteiger partial charge in [-0.15, -0.1) is 0 Å². The van der Waals surface area contributed by atoms with Gasteiger partial charge in [0.05, 0.1) is 18.4 Å². The minimum atomic E-state index is -0.402. The van der Waals surface area contributed by atoms with Gasteiger partial charge >= 0.3 is 5.97 Å². The van der Waals surface area contributed by atoms with E-state index in [-0.39, 0.29) is 6.61 Å². The number of pyridine rings is 1. The summed E-state index contributed by atoms with van der Waals surface area (Å²) in [4.78, 5) is 30.2. The molecule has 0 saturated carbocycles. The maximum absolute atomic E-state index is 12.0. The van der Waals surface area contributed by atoms with Crippen LogP contribution in [0.2, 0.25) is 0 Å². The molecule has 0 aliphatic carbocycles. The van der Waals surface area contributed by atoms with E-state index in [1.54, 1.807) is 17.0 Å². The van der Waals surface area contributed by atoms with Crippen molar-refractivity contribution in [3.05, 3.63) is 59.4 Å². The summed E-state index contributed by atoms with van der Waals surface area (Å²) in [5.41, 5.74) is 2.68. The fraction of sp³-hybridized carbons (Fsp3) is 0.348. The van der Waals surface area contributed by atoms with Crippen LogP contribution in [0.25, 0.3) is 5.65 Å². The Kier molecular flexibility index (Phi) is 7.06. The van der Waals surface area contributed by atoms with E-state index in [2.05, 4.69) is 6.92 Å². The van der Waals surface area contributed by atoms with Gasteiger partial charge < -0.3 is 9.47 Å². The molecule has 3 aromatic rings. The van der Waals surface area contributed by atoms with Crippen molar-refractivity contribution in [1.29, 1.82) is 0 Å². The van der Waals surface area contributed by atoms with Gasteiger partial charge in [0.15, 0.2) is 11.4 Å². The van der Waals surface area contributed by atoms with Crippen LogP contribution in [0.4, 0.5) is 5.82 Å². The maximum Gasteiger partial charge on any atom is 0.338 e. The van der Waals surface area contributed by atoms with Crippen molar-refractivity contribution < 1.29 is 19.1 Å². The third-order valence-electron chi connectivity index (χ3n) is 4.95. The Balaban J connectivity index is 1.95. The second kappa shape index (κ2) is 9.91. The van der Waals surface area contributed by atoms with E-state index in [0.717, 1.165) is 36.3 Å². The summed E-state index contributed by atoms with van der Waals surface area (Å²) >= 11 is 0. The van der Waals surface area contributed by atoms with Crippen molar-refractivity contribution in [2.45, 2.75) is 39.7 Å². The Morgan fingerprint density at radius 1 is 1.20 bits per heavy atom. The van der Waals surface area contributed by atoms with Crippen molar-refractivity contribution in [1.82, 2.24) is 9.38 Å². The molecule has 0 unspecified atom stereocenters. The second-order valence-corrected chi connectivity index (χ2v) is 6.89. The lowest BCUT2D eigenvalue weighted by molar-refractivity contribution is -0.107. The summed E-state index contributed by atoms with van der Waals surface area (Å²) in [6, 6.07) is 10.9. The monoisotopic (exact) mass is 409 g/mol. The standard InChI is InChI=1S/C23H27N3O4/c1-4-6-13-25(16-27)22-19(5-2)24-21-20(12-9-14-26(21)22)30-15-17-10-7-8-11-18(17)23(28)29-3/h7-12,14,16H,4-6,13,15H2,1-3H3. The van der Waals surface area contributed by atoms with Gasteiger partial charge in [-0.25, -0.2) is 9.78 Å². The number of hydrogen-bond acceptors (Lipinski definition) is 5. The van der Waals surface area contributed by atoms with Crippen LogP contribution in [0, 0.1) is 0 Å². The number of nitrogens with zero attached hydrogens (tertiary/aromatic N) is 3. The van der Waals surface area contributed by atoms with Crippen LogP contribution in [0.3, 0.4) is 0 Å². The first kappa shape index (κ1) is 21.4. The van der Waals surface area contributed by atoms with Crippen molar-refractivity contribution in [3.8, 4) is 5.75 Å². The first-order valence-electron chi connectivity index (χ1n) is 10.1. The van der Waals surface area contributed by atoms with E-state index < -0.39 is 5.97 Å². The second-order valence-electron chi connectivity index (χ2n) is 6.89. The Labute approximate surface area is 176 Å². The van der Waals surface area contributed by atoms with Crippen molar-refractivity contribution in [2.75, 3.05) is 18.6 Å². The third-order valence-corrected chi connectivity index (χ3v) is 4.95. The first-order valence-corrected chi connectivity index (χ1v) is 10.1. The molecule has 158 valence electrons. The lowest BCUT2D eigenvalue weighted by Crippen LogP contribution is -2.24. The van der Waals surface area contributed by atoms with E-state index >= 15 is 0 Å². The van der Waals surface area contributed by atoms with Crippen molar-refractivity contribution in [2.24, 2.45) is 0 Å². The molecular weight excluding hydrogens is 382 g/mol. The average Bonchev–Trinajstić information content (AvgIpc) is 3.17. The highest BCUT2D eigenvalue weighted by Gasteiger charge is 2.20. The fourth-order valence-electron chi connectivity index (χ4n) is 3.38. The van der Waals surface area contributed by atoms with E-state index in [1.807, 2.05) is 41.8 Å². The number of unbranched alkanes of at least 4 members (excludes halogenated alkanes) is 1. The number of carbonyl (C=O) groups is 2. The minimum Gasteiger partial charge on any atom is -0.485 e. The van der Waals surface area contributed by atoms with Crippen LogP contribution in [0.15, 0.2) is 42.6 Å². The number of aryl methyl sites for hydroxylation is 1. The number of fused-ring (bicyclic) bond motifs is 1. The number of methoxy groups -OCH3 is 1. The molecule has 0 atom stereocenters. The molecule has 1 aromatic carbocycles. The molecule has 0 saturated heterocycles. The van der Waals surface area contributed by atoms with Crippen molar-refractivity contribution >= 4 is 23.8 Å². The summed E-state index contributed by atoms with van der Waals surface area (Å²) in [7, 11) is 1.36. The van der Waals surface area contributed by atoms with E-state index in [1.165, 1.54) is 7.11 Å². The summed E-state index contributed by atoms with van der Waals surface area (Å²) in [6.45, 7) is 4.94. The maximum atomic E-state index is 12.0. The van der Waals surface area contributed by atoms with Gasteiger partial charge in [0.1, 0.15) is 12.4 Å². The summed E-state index contributed by atoms with van der Waals surface area (Å²) in [5.74, 6) is 0.956. The Morgan fingerprint density at radius 3 is 2.70 bits per heavy atom.